The average Bonchev–Trinajstić information content (AvgIpc) is 3.09. The lowest BCUT2D eigenvalue weighted by molar-refractivity contribution is -0.142. The van der Waals surface area contributed by atoms with Crippen LogP contribution < -0.4 is 9.64 Å². The van der Waals surface area contributed by atoms with Crippen LogP contribution in [0, 0.1) is 17.2 Å². The molecule has 2 fully saturated rings. The van der Waals surface area contributed by atoms with Gasteiger partial charge in [-0.3, -0.25) is 14.5 Å². The van der Waals surface area contributed by atoms with Gasteiger partial charge < -0.3 is 14.4 Å². The highest BCUT2D eigenvalue weighted by Gasteiger charge is 2.51. The van der Waals surface area contributed by atoms with E-state index in [0.717, 1.165) is 0 Å². The van der Waals surface area contributed by atoms with E-state index >= 15 is 0 Å². The van der Waals surface area contributed by atoms with Gasteiger partial charge in [0, 0.05) is 12.6 Å². The number of aromatic nitrogens is 1. The molecular weight excluding hydrogens is 356 g/mol. The molecule has 9 heteroatoms. The summed E-state index contributed by atoms with van der Waals surface area (Å²) in [7, 11) is 1.42. The Labute approximate surface area is 156 Å². The smallest absolute Gasteiger partial charge is 0.310 e. The molecule has 0 aliphatic carbocycles. The molecule has 0 bridgehead atoms. The standard InChI is InChI=1S/C17H18N4O4S/c1-17(2)15(23)21(11-6-13(24-3)12(7-18)19-8-11)16(26)20(17)9-10-4-5-25-14(10)22/h6,8,10H,4-5,9H2,1-3H3. The number of rotatable bonds is 4. The first kappa shape index (κ1) is 18.1. The van der Waals surface area contributed by atoms with E-state index in [2.05, 4.69) is 4.98 Å². The van der Waals surface area contributed by atoms with Gasteiger partial charge in [-0.2, -0.15) is 5.26 Å². The number of cyclic esters (lactones) is 1. The largest absolute Gasteiger partial charge is 0.494 e. The van der Waals surface area contributed by atoms with E-state index in [0.29, 0.717) is 25.3 Å². The number of nitrogens with zero attached hydrogens (tertiary/aromatic N) is 4. The van der Waals surface area contributed by atoms with Crippen molar-refractivity contribution in [1.29, 1.82) is 5.26 Å². The van der Waals surface area contributed by atoms with Gasteiger partial charge in [0.25, 0.3) is 5.91 Å². The van der Waals surface area contributed by atoms with Crippen LogP contribution in [0.5, 0.6) is 5.75 Å². The molecule has 0 N–H and O–H groups in total. The number of esters is 1. The van der Waals surface area contributed by atoms with Crippen LogP contribution in [-0.4, -0.2) is 52.7 Å². The van der Waals surface area contributed by atoms with Crippen LogP contribution in [0.2, 0.25) is 0 Å². The molecule has 0 radical (unpaired) electrons. The number of amides is 1. The second kappa shape index (κ2) is 6.53. The third-order valence-electron chi connectivity index (χ3n) is 4.69. The number of hydrogen-bond acceptors (Lipinski definition) is 7. The van der Waals surface area contributed by atoms with Crippen molar-refractivity contribution in [2.75, 3.05) is 25.2 Å². The zero-order valence-corrected chi connectivity index (χ0v) is 15.5. The molecule has 1 aromatic rings. The van der Waals surface area contributed by atoms with Gasteiger partial charge in [-0.25, -0.2) is 4.98 Å². The second-order valence-corrected chi connectivity index (χ2v) is 6.97. The summed E-state index contributed by atoms with van der Waals surface area (Å²) >= 11 is 5.53. The molecule has 1 atom stereocenters. The topological polar surface area (TPSA) is 95.8 Å². The number of thiocarbonyl (C=S) groups is 1. The predicted octanol–water partition coefficient (Wildman–Crippen LogP) is 1.24. The van der Waals surface area contributed by atoms with Gasteiger partial charge >= 0.3 is 5.97 Å². The number of nitriles is 1. The third kappa shape index (κ3) is 2.76. The van der Waals surface area contributed by atoms with Gasteiger partial charge in [0.2, 0.25) is 0 Å². The summed E-state index contributed by atoms with van der Waals surface area (Å²) in [4.78, 5) is 32.0. The van der Waals surface area contributed by atoms with Crippen LogP contribution in [0.1, 0.15) is 26.0 Å². The van der Waals surface area contributed by atoms with Gasteiger partial charge in [0.05, 0.1) is 31.5 Å². The van der Waals surface area contributed by atoms with Crippen molar-refractivity contribution >= 4 is 34.9 Å². The maximum atomic E-state index is 13.0. The summed E-state index contributed by atoms with van der Waals surface area (Å²) in [6, 6.07) is 3.49. The first-order valence-electron chi connectivity index (χ1n) is 8.08. The number of carbonyl (C=O) groups is 2. The van der Waals surface area contributed by atoms with E-state index in [-0.39, 0.29) is 34.4 Å². The Bertz CT molecular complexity index is 833. The fourth-order valence-electron chi connectivity index (χ4n) is 3.09. The Morgan fingerprint density at radius 1 is 1.50 bits per heavy atom. The lowest BCUT2D eigenvalue weighted by atomic mass is 10.0. The average molecular weight is 374 g/mol. The minimum absolute atomic E-state index is 0.124. The molecule has 0 spiro atoms. The Kier molecular flexibility index (Phi) is 4.54. The SMILES string of the molecule is COc1cc(N2C(=O)C(C)(C)N(CC3CCOC3=O)C2=S)cnc1C#N. The van der Waals surface area contributed by atoms with Crippen LogP contribution >= 0.6 is 12.2 Å². The molecule has 1 unspecified atom stereocenters. The molecule has 2 saturated heterocycles. The summed E-state index contributed by atoms with van der Waals surface area (Å²) in [5.41, 5.74) is -0.375. The fraction of sp³-hybridized carbons (Fsp3) is 0.471. The zero-order valence-electron chi connectivity index (χ0n) is 14.7. The summed E-state index contributed by atoms with van der Waals surface area (Å²) in [5, 5.41) is 9.35. The summed E-state index contributed by atoms with van der Waals surface area (Å²) in [6.45, 7) is 4.22. The predicted molar refractivity (Wildman–Crippen MR) is 95.4 cm³/mol. The van der Waals surface area contributed by atoms with Gasteiger partial charge in [-0.15, -0.1) is 0 Å². The molecule has 0 aromatic carbocycles. The normalized spacial score (nSPS) is 21.8. The second-order valence-electron chi connectivity index (χ2n) is 6.60. The van der Waals surface area contributed by atoms with Gasteiger partial charge in [0.15, 0.2) is 16.6 Å². The first-order chi connectivity index (χ1) is 12.3. The van der Waals surface area contributed by atoms with E-state index in [1.165, 1.54) is 18.2 Å². The zero-order chi connectivity index (χ0) is 19.1. The number of pyridine rings is 1. The van der Waals surface area contributed by atoms with Crippen LogP contribution in [0.15, 0.2) is 12.3 Å². The van der Waals surface area contributed by atoms with Crippen LogP contribution in [0.4, 0.5) is 5.69 Å². The van der Waals surface area contributed by atoms with E-state index in [1.54, 1.807) is 24.8 Å². The number of anilines is 1. The molecule has 0 saturated carbocycles. The Morgan fingerprint density at radius 2 is 2.23 bits per heavy atom. The molecular formula is C17H18N4O4S. The molecule has 2 aliphatic heterocycles. The van der Waals surface area contributed by atoms with Gasteiger partial charge in [0.1, 0.15) is 11.6 Å². The Morgan fingerprint density at radius 3 is 2.81 bits per heavy atom. The fourth-order valence-corrected chi connectivity index (χ4v) is 3.58. The van der Waals surface area contributed by atoms with Crippen LogP contribution in [0.25, 0.3) is 0 Å². The van der Waals surface area contributed by atoms with Gasteiger partial charge in [-0.1, -0.05) is 0 Å². The lowest BCUT2D eigenvalue weighted by Crippen LogP contribution is -2.46. The molecule has 1 aromatic heterocycles. The highest BCUT2D eigenvalue weighted by molar-refractivity contribution is 7.80. The van der Waals surface area contributed by atoms with Crippen molar-refractivity contribution in [2.45, 2.75) is 25.8 Å². The van der Waals surface area contributed by atoms with Crippen molar-refractivity contribution in [1.82, 2.24) is 9.88 Å². The molecule has 26 heavy (non-hydrogen) atoms. The highest BCUT2D eigenvalue weighted by Crippen LogP contribution is 2.35. The van der Waals surface area contributed by atoms with Crippen LogP contribution in [-0.2, 0) is 14.3 Å². The number of ether oxygens (including phenoxy) is 2. The lowest BCUT2D eigenvalue weighted by Gasteiger charge is -2.30. The van der Waals surface area contributed by atoms with E-state index < -0.39 is 5.54 Å². The monoisotopic (exact) mass is 374 g/mol. The van der Waals surface area contributed by atoms with Crippen LogP contribution in [0.3, 0.4) is 0 Å². The minimum atomic E-state index is -0.916. The molecule has 3 heterocycles. The third-order valence-corrected chi connectivity index (χ3v) is 5.10. The quantitative estimate of drug-likeness (QED) is 0.574. The first-order valence-corrected chi connectivity index (χ1v) is 8.49. The van der Waals surface area contributed by atoms with Crippen molar-refractivity contribution in [3.63, 3.8) is 0 Å². The van der Waals surface area contributed by atoms with Crippen molar-refractivity contribution in [2.24, 2.45) is 5.92 Å². The number of methoxy groups -OCH3 is 1. The highest BCUT2D eigenvalue weighted by atomic mass is 32.1. The van der Waals surface area contributed by atoms with E-state index in [9.17, 15) is 9.59 Å². The summed E-state index contributed by atoms with van der Waals surface area (Å²) in [6.07, 6.45) is 2.02. The Hall–Kier alpha value is -2.73. The summed E-state index contributed by atoms with van der Waals surface area (Å²) < 4.78 is 10.2. The van der Waals surface area contributed by atoms with Gasteiger partial charge in [-0.05, 0) is 32.5 Å². The maximum Gasteiger partial charge on any atom is 0.310 e. The van der Waals surface area contributed by atoms with Crippen molar-refractivity contribution in [3.8, 4) is 11.8 Å². The Balaban J connectivity index is 1.94. The van der Waals surface area contributed by atoms with E-state index in [4.69, 9.17) is 27.0 Å². The minimum Gasteiger partial charge on any atom is -0.494 e. The van der Waals surface area contributed by atoms with Crippen molar-refractivity contribution < 1.29 is 19.1 Å². The molecule has 136 valence electrons. The van der Waals surface area contributed by atoms with Crippen molar-refractivity contribution in [3.05, 3.63) is 18.0 Å². The molecule has 1 amide bonds. The summed E-state index contributed by atoms with van der Waals surface area (Å²) in [5.74, 6) is -0.552. The van der Waals surface area contributed by atoms with E-state index in [1.807, 2.05) is 6.07 Å². The number of carbonyl (C=O) groups excluding carboxylic acids is 2. The molecule has 8 nitrogen and oxygen atoms in total. The maximum absolute atomic E-state index is 13.0. The number of hydrogen-bond donors (Lipinski definition) is 0. The molecule has 2 aliphatic rings. The molecule has 3 rings (SSSR count).